The lowest BCUT2D eigenvalue weighted by atomic mass is 10.0. The smallest absolute Gasteiger partial charge is 0.136 e. The molecule has 116 valence electrons. The molecule has 3 aromatic rings. The molecular weight excluding hydrogens is 359 g/mol. The highest BCUT2D eigenvalue weighted by molar-refractivity contribution is 9.10. The van der Waals surface area contributed by atoms with Crippen LogP contribution in [0.4, 0.5) is 4.39 Å². The number of H-pyrrole nitrogens is 1. The van der Waals surface area contributed by atoms with Crippen molar-refractivity contribution in [1.82, 2.24) is 10.2 Å². The highest BCUT2D eigenvalue weighted by atomic mass is 79.9. The molecule has 1 heterocycles. The molecule has 0 fully saturated rings. The van der Waals surface area contributed by atoms with E-state index in [9.17, 15) is 4.39 Å². The summed E-state index contributed by atoms with van der Waals surface area (Å²) in [5, 5.41) is 7.11. The van der Waals surface area contributed by atoms with Gasteiger partial charge in [0, 0.05) is 10.0 Å². The molecule has 0 aliphatic heterocycles. The molecule has 0 atom stereocenters. The first-order valence-corrected chi connectivity index (χ1v) is 7.73. The second-order valence-electron chi connectivity index (χ2n) is 4.97. The van der Waals surface area contributed by atoms with Crippen molar-refractivity contribution >= 4 is 21.5 Å². The van der Waals surface area contributed by atoms with Gasteiger partial charge in [-0.1, -0.05) is 40.7 Å². The predicted molar refractivity (Wildman–Crippen MR) is 92.8 cm³/mol. The fourth-order valence-corrected chi connectivity index (χ4v) is 2.60. The van der Waals surface area contributed by atoms with Crippen molar-refractivity contribution in [1.29, 1.82) is 0 Å². The van der Waals surface area contributed by atoms with Gasteiger partial charge in [0.25, 0.3) is 0 Å². The minimum atomic E-state index is -0.367. The number of aromatic amines is 1. The summed E-state index contributed by atoms with van der Waals surface area (Å²) in [5.74, 6) is 0.0863. The number of hydrogen-bond acceptors (Lipinski definition) is 2. The van der Waals surface area contributed by atoms with Gasteiger partial charge in [-0.3, -0.25) is 5.10 Å². The van der Waals surface area contributed by atoms with Gasteiger partial charge >= 0.3 is 0 Å². The first-order chi connectivity index (χ1) is 11.1. The number of benzene rings is 2. The number of hydrogen-bond donors (Lipinski definition) is 1. The lowest BCUT2D eigenvalue weighted by molar-refractivity contribution is 0.413. The van der Waals surface area contributed by atoms with Crippen molar-refractivity contribution in [2.75, 3.05) is 7.11 Å². The molecule has 0 bridgehead atoms. The SMILES string of the molecule is C=C(c1ccc(Br)cc1)c1cc(-c2c(F)cccc2OC)[nH]n1. The van der Waals surface area contributed by atoms with Crippen molar-refractivity contribution in [3.05, 3.63) is 76.7 Å². The molecule has 0 amide bonds. The second-order valence-corrected chi connectivity index (χ2v) is 5.89. The number of nitrogens with zero attached hydrogens (tertiary/aromatic N) is 1. The zero-order valence-electron chi connectivity index (χ0n) is 12.4. The lowest BCUT2D eigenvalue weighted by Gasteiger charge is -2.07. The van der Waals surface area contributed by atoms with E-state index in [-0.39, 0.29) is 5.82 Å². The third-order valence-corrected chi connectivity index (χ3v) is 4.07. The standard InChI is InChI=1S/C18H14BrFN2O/c1-11(12-6-8-13(19)9-7-12)15-10-16(22-21-15)18-14(20)4-3-5-17(18)23-2/h3-10H,1H2,2H3,(H,21,22). The summed E-state index contributed by atoms with van der Waals surface area (Å²) in [6.07, 6.45) is 0. The molecule has 0 aliphatic rings. The van der Waals surface area contributed by atoms with E-state index in [1.807, 2.05) is 24.3 Å². The van der Waals surface area contributed by atoms with E-state index in [2.05, 4.69) is 32.7 Å². The predicted octanol–water partition coefficient (Wildman–Crippen LogP) is 5.05. The van der Waals surface area contributed by atoms with E-state index in [4.69, 9.17) is 4.74 Å². The zero-order valence-corrected chi connectivity index (χ0v) is 14.0. The monoisotopic (exact) mass is 372 g/mol. The fraction of sp³-hybridized carbons (Fsp3) is 0.0556. The highest BCUT2D eigenvalue weighted by Crippen LogP contribution is 2.33. The Labute approximate surface area is 141 Å². The maximum atomic E-state index is 14.1. The first kappa shape index (κ1) is 15.5. The molecule has 3 nitrogen and oxygen atoms in total. The van der Waals surface area contributed by atoms with Crippen molar-refractivity contribution in [3.63, 3.8) is 0 Å². The van der Waals surface area contributed by atoms with E-state index < -0.39 is 0 Å². The van der Waals surface area contributed by atoms with Crippen LogP contribution in [0.1, 0.15) is 11.3 Å². The topological polar surface area (TPSA) is 37.9 Å². The number of rotatable bonds is 4. The average molecular weight is 373 g/mol. The quantitative estimate of drug-likeness (QED) is 0.695. The van der Waals surface area contributed by atoms with E-state index in [0.29, 0.717) is 22.7 Å². The normalized spacial score (nSPS) is 10.6. The average Bonchev–Trinajstić information content (AvgIpc) is 3.04. The molecular formula is C18H14BrFN2O. The van der Waals surface area contributed by atoms with Gasteiger partial charge in [0.1, 0.15) is 11.6 Å². The second kappa shape index (κ2) is 6.38. The molecule has 5 heteroatoms. The molecule has 1 aromatic heterocycles. The maximum absolute atomic E-state index is 14.1. The Balaban J connectivity index is 1.98. The molecule has 2 aromatic carbocycles. The molecule has 0 saturated heterocycles. The Morgan fingerprint density at radius 1 is 1.22 bits per heavy atom. The van der Waals surface area contributed by atoms with E-state index in [1.54, 1.807) is 18.2 Å². The largest absolute Gasteiger partial charge is 0.496 e. The summed E-state index contributed by atoms with van der Waals surface area (Å²) in [7, 11) is 1.51. The molecule has 0 spiro atoms. The van der Waals surface area contributed by atoms with Crippen molar-refractivity contribution < 1.29 is 9.13 Å². The van der Waals surface area contributed by atoms with Crippen molar-refractivity contribution in [2.24, 2.45) is 0 Å². The van der Waals surface area contributed by atoms with Crippen molar-refractivity contribution in [3.8, 4) is 17.0 Å². The molecule has 1 N–H and O–H groups in total. The van der Waals surface area contributed by atoms with Crippen LogP contribution in [0.5, 0.6) is 5.75 Å². The van der Waals surface area contributed by atoms with Crippen LogP contribution in [-0.4, -0.2) is 17.3 Å². The van der Waals surface area contributed by atoms with Crippen LogP contribution >= 0.6 is 15.9 Å². The summed E-state index contributed by atoms with van der Waals surface area (Å²) >= 11 is 3.40. The Morgan fingerprint density at radius 3 is 2.65 bits per heavy atom. The van der Waals surface area contributed by atoms with Crippen LogP contribution in [0.3, 0.4) is 0 Å². The Hall–Kier alpha value is -2.40. The number of methoxy groups -OCH3 is 1. The molecule has 0 aliphatic carbocycles. The Kier molecular flexibility index (Phi) is 4.30. The number of halogens is 2. The number of nitrogens with one attached hydrogen (secondary N) is 1. The fourth-order valence-electron chi connectivity index (χ4n) is 2.34. The molecule has 0 unspecified atom stereocenters. The van der Waals surface area contributed by atoms with E-state index in [1.165, 1.54) is 13.2 Å². The maximum Gasteiger partial charge on any atom is 0.136 e. The van der Waals surface area contributed by atoms with Crippen LogP contribution in [-0.2, 0) is 0 Å². The number of ether oxygens (including phenoxy) is 1. The van der Waals surface area contributed by atoms with Crippen molar-refractivity contribution in [2.45, 2.75) is 0 Å². The molecule has 0 saturated carbocycles. The van der Waals surface area contributed by atoms with Crippen LogP contribution in [0, 0.1) is 5.82 Å². The van der Waals surface area contributed by atoms with Gasteiger partial charge in [-0.2, -0.15) is 5.10 Å². The third kappa shape index (κ3) is 3.05. The van der Waals surface area contributed by atoms with Gasteiger partial charge in [-0.05, 0) is 35.9 Å². The van der Waals surface area contributed by atoms with Crippen LogP contribution in [0.15, 0.2) is 59.6 Å². The van der Waals surface area contributed by atoms with Gasteiger partial charge < -0.3 is 4.74 Å². The van der Waals surface area contributed by atoms with Gasteiger partial charge in [0.05, 0.1) is 24.1 Å². The van der Waals surface area contributed by atoms with Crippen LogP contribution in [0.25, 0.3) is 16.8 Å². The first-order valence-electron chi connectivity index (χ1n) is 6.93. The summed E-state index contributed by atoms with van der Waals surface area (Å²) in [4.78, 5) is 0. The minimum Gasteiger partial charge on any atom is -0.496 e. The van der Waals surface area contributed by atoms with Crippen LogP contribution < -0.4 is 4.74 Å². The minimum absolute atomic E-state index is 0.359. The number of aromatic nitrogens is 2. The van der Waals surface area contributed by atoms with Gasteiger partial charge in [-0.25, -0.2) is 4.39 Å². The molecule has 0 radical (unpaired) electrons. The molecule has 23 heavy (non-hydrogen) atoms. The van der Waals surface area contributed by atoms with Crippen LogP contribution in [0.2, 0.25) is 0 Å². The summed E-state index contributed by atoms with van der Waals surface area (Å²) in [5.41, 5.74) is 3.28. The zero-order chi connectivity index (χ0) is 16.4. The third-order valence-electron chi connectivity index (χ3n) is 3.54. The Bertz CT molecular complexity index is 856. The van der Waals surface area contributed by atoms with Gasteiger partial charge in [0.2, 0.25) is 0 Å². The molecule has 3 rings (SSSR count). The van der Waals surface area contributed by atoms with E-state index >= 15 is 0 Å². The summed E-state index contributed by atoms with van der Waals surface area (Å²) in [6.45, 7) is 4.07. The summed E-state index contributed by atoms with van der Waals surface area (Å²) in [6, 6.07) is 14.3. The van der Waals surface area contributed by atoms with Gasteiger partial charge in [-0.15, -0.1) is 0 Å². The Morgan fingerprint density at radius 2 is 1.96 bits per heavy atom. The highest BCUT2D eigenvalue weighted by Gasteiger charge is 2.15. The van der Waals surface area contributed by atoms with Gasteiger partial charge in [0.15, 0.2) is 0 Å². The van der Waals surface area contributed by atoms with E-state index in [0.717, 1.165) is 15.6 Å². The lowest BCUT2D eigenvalue weighted by Crippen LogP contribution is -1.91. The summed E-state index contributed by atoms with van der Waals surface area (Å²) < 4.78 is 20.4.